The van der Waals surface area contributed by atoms with Crippen molar-refractivity contribution < 1.29 is 14.2 Å². The third-order valence-corrected chi connectivity index (χ3v) is 6.06. The molecule has 0 N–H and O–H groups in total. The van der Waals surface area contributed by atoms with Crippen molar-refractivity contribution in [2.45, 2.75) is 11.9 Å². The van der Waals surface area contributed by atoms with Gasteiger partial charge in [0.2, 0.25) is 5.79 Å². The number of hydrogen-bond acceptors (Lipinski definition) is 3. The van der Waals surface area contributed by atoms with Crippen LogP contribution in [-0.4, -0.2) is 24.6 Å². The van der Waals surface area contributed by atoms with E-state index in [4.69, 9.17) is 37.4 Å². The maximum atomic E-state index is 6.37. The molecule has 0 saturated carbocycles. The first-order chi connectivity index (χ1) is 14.1. The second kappa shape index (κ2) is 9.07. The van der Waals surface area contributed by atoms with E-state index in [1.807, 2.05) is 48.5 Å². The Morgan fingerprint density at radius 1 is 0.966 bits per heavy atom. The van der Waals surface area contributed by atoms with E-state index in [0.717, 1.165) is 16.9 Å². The van der Waals surface area contributed by atoms with Gasteiger partial charge in [-0.25, -0.2) is 0 Å². The van der Waals surface area contributed by atoms with Crippen LogP contribution in [0.2, 0.25) is 10.0 Å². The fraction of sp³-hybridized carbons (Fsp3) is 0.217. The minimum Gasteiger partial charge on any atom is -0.491 e. The van der Waals surface area contributed by atoms with E-state index >= 15 is 0 Å². The second-order valence-electron chi connectivity index (χ2n) is 6.76. The van der Waals surface area contributed by atoms with E-state index in [1.165, 1.54) is 5.56 Å². The Hall–Kier alpha value is -1.56. The Kier molecular flexibility index (Phi) is 6.47. The summed E-state index contributed by atoms with van der Waals surface area (Å²) in [5, 5.41) is 1.53. The maximum absolute atomic E-state index is 6.37. The third kappa shape index (κ3) is 4.62. The van der Waals surface area contributed by atoms with Gasteiger partial charge in [-0.05, 0) is 35.4 Å². The number of benzene rings is 3. The molecular formula is C23H19BrCl2O3. The summed E-state index contributed by atoms with van der Waals surface area (Å²) in [6.07, 6.45) is -0.215. The summed E-state index contributed by atoms with van der Waals surface area (Å²) in [6.45, 7) is 0.789. The van der Waals surface area contributed by atoms with Crippen molar-refractivity contribution in [1.82, 2.24) is 0 Å². The second-order valence-corrected chi connectivity index (χ2v) is 8.17. The summed E-state index contributed by atoms with van der Waals surface area (Å²) in [7, 11) is 0. The van der Waals surface area contributed by atoms with E-state index in [1.54, 1.807) is 12.1 Å². The van der Waals surface area contributed by atoms with Crippen LogP contribution in [0.5, 0.6) is 5.75 Å². The smallest absolute Gasteiger partial charge is 0.206 e. The largest absolute Gasteiger partial charge is 0.491 e. The molecule has 0 aliphatic carbocycles. The molecule has 1 heterocycles. The molecule has 0 aromatic heterocycles. The molecule has 0 bridgehead atoms. The molecule has 0 amide bonds. The van der Waals surface area contributed by atoms with E-state index in [-0.39, 0.29) is 6.10 Å². The molecule has 3 aromatic rings. The van der Waals surface area contributed by atoms with Gasteiger partial charge in [-0.3, -0.25) is 0 Å². The number of rotatable bonds is 6. The van der Waals surface area contributed by atoms with Gasteiger partial charge < -0.3 is 14.2 Å². The van der Waals surface area contributed by atoms with Crippen molar-refractivity contribution in [2.75, 3.05) is 18.5 Å². The molecule has 150 valence electrons. The average Bonchev–Trinajstić information content (AvgIpc) is 3.18. The summed E-state index contributed by atoms with van der Waals surface area (Å²) in [4.78, 5) is 0. The molecule has 4 rings (SSSR count). The van der Waals surface area contributed by atoms with E-state index in [9.17, 15) is 0 Å². The Morgan fingerprint density at radius 3 is 2.38 bits per heavy atom. The number of halogens is 3. The fourth-order valence-corrected chi connectivity index (χ4v) is 4.44. The lowest BCUT2D eigenvalue weighted by atomic mass is 10.1. The van der Waals surface area contributed by atoms with Crippen molar-refractivity contribution >= 4 is 39.1 Å². The third-order valence-electron chi connectivity index (χ3n) is 4.77. The summed E-state index contributed by atoms with van der Waals surface area (Å²) < 4.78 is 18.1. The molecule has 1 aliphatic rings. The normalized spacial score (nSPS) is 21.3. The van der Waals surface area contributed by atoms with Crippen LogP contribution in [0.4, 0.5) is 0 Å². The van der Waals surface area contributed by atoms with Crippen LogP contribution >= 0.6 is 39.1 Å². The minimum atomic E-state index is -0.952. The zero-order valence-electron chi connectivity index (χ0n) is 15.5. The van der Waals surface area contributed by atoms with Gasteiger partial charge in [-0.2, -0.15) is 0 Å². The summed E-state index contributed by atoms with van der Waals surface area (Å²) in [5.41, 5.74) is 3.07. The molecule has 6 heteroatoms. The van der Waals surface area contributed by atoms with Gasteiger partial charge in [-0.15, -0.1) is 0 Å². The fourth-order valence-electron chi connectivity index (χ4n) is 3.29. The molecular weight excluding hydrogens is 475 g/mol. The Bertz CT molecular complexity index is 966. The summed E-state index contributed by atoms with van der Waals surface area (Å²) in [5.74, 6) is -0.165. The van der Waals surface area contributed by atoms with Crippen LogP contribution < -0.4 is 4.74 Å². The van der Waals surface area contributed by atoms with Crippen molar-refractivity contribution in [3.8, 4) is 16.9 Å². The highest BCUT2D eigenvalue weighted by Crippen LogP contribution is 2.40. The van der Waals surface area contributed by atoms with E-state index in [2.05, 4.69) is 28.1 Å². The lowest BCUT2D eigenvalue weighted by molar-refractivity contribution is -0.159. The zero-order valence-corrected chi connectivity index (χ0v) is 18.6. The van der Waals surface area contributed by atoms with Gasteiger partial charge in [0.15, 0.2) is 0 Å². The first-order valence-electron chi connectivity index (χ1n) is 9.21. The number of ether oxygens (including phenoxy) is 3. The molecule has 3 aromatic carbocycles. The van der Waals surface area contributed by atoms with Crippen LogP contribution in [0.25, 0.3) is 11.1 Å². The Balaban J connectivity index is 1.40. The van der Waals surface area contributed by atoms with Gasteiger partial charge in [-0.1, -0.05) is 87.7 Å². The van der Waals surface area contributed by atoms with Crippen molar-refractivity contribution in [2.24, 2.45) is 0 Å². The van der Waals surface area contributed by atoms with Gasteiger partial charge >= 0.3 is 0 Å². The standard InChI is InChI=1S/C23H19BrCl2O3/c24-15-23(21-11-8-18(25)12-22(21)26)28-14-20(29-23)13-27-19-9-6-17(7-10-19)16-4-2-1-3-5-16/h1-12,20H,13-15H2/t20-,23-/m0/s1. The summed E-state index contributed by atoms with van der Waals surface area (Å²) >= 11 is 15.9. The molecule has 29 heavy (non-hydrogen) atoms. The number of hydrogen-bond donors (Lipinski definition) is 0. The predicted octanol–water partition coefficient (Wildman–Crippen LogP) is 6.70. The molecule has 0 unspecified atom stereocenters. The van der Waals surface area contributed by atoms with Crippen LogP contribution in [0.15, 0.2) is 72.8 Å². The molecule has 1 fully saturated rings. The van der Waals surface area contributed by atoms with E-state index < -0.39 is 5.79 Å². The van der Waals surface area contributed by atoms with Crippen molar-refractivity contribution in [3.05, 3.63) is 88.4 Å². The lowest BCUT2D eigenvalue weighted by Crippen LogP contribution is -2.31. The quantitative estimate of drug-likeness (QED) is 0.357. The average molecular weight is 494 g/mol. The van der Waals surface area contributed by atoms with Crippen molar-refractivity contribution in [3.63, 3.8) is 0 Å². The molecule has 0 spiro atoms. The monoisotopic (exact) mass is 492 g/mol. The summed E-state index contributed by atoms with van der Waals surface area (Å²) in [6, 6.07) is 23.6. The molecule has 1 saturated heterocycles. The molecule has 2 atom stereocenters. The Morgan fingerprint density at radius 2 is 1.69 bits per heavy atom. The Labute approximate surface area is 188 Å². The highest BCUT2D eigenvalue weighted by atomic mass is 79.9. The van der Waals surface area contributed by atoms with E-state index in [0.29, 0.717) is 28.6 Å². The van der Waals surface area contributed by atoms with Gasteiger partial charge in [0, 0.05) is 10.6 Å². The van der Waals surface area contributed by atoms with Crippen molar-refractivity contribution in [1.29, 1.82) is 0 Å². The van der Waals surface area contributed by atoms with Crippen LogP contribution in [0.3, 0.4) is 0 Å². The van der Waals surface area contributed by atoms with Gasteiger partial charge in [0.05, 0.1) is 17.0 Å². The van der Waals surface area contributed by atoms with Gasteiger partial charge in [0.25, 0.3) is 0 Å². The van der Waals surface area contributed by atoms with Crippen LogP contribution in [0, 0.1) is 0 Å². The first kappa shape index (κ1) is 20.7. The highest BCUT2D eigenvalue weighted by Gasteiger charge is 2.44. The topological polar surface area (TPSA) is 27.7 Å². The van der Waals surface area contributed by atoms with Gasteiger partial charge in [0.1, 0.15) is 18.5 Å². The lowest BCUT2D eigenvalue weighted by Gasteiger charge is -2.27. The highest BCUT2D eigenvalue weighted by molar-refractivity contribution is 9.09. The zero-order chi connectivity index (χ0) is 20.3. The number of alkyl halides is 1. The van der Waals surface area contributed by atoms with Crippen LogP contribution in [0.1, 0.15) is 5.56 Å². The molecule has 0 radical (unpaired) electrons. The first-order valence-corrected chi connectivity index (χ1v) is 11.1. The SMILES string of the molecule is Clc1ccc([C@@]2(CBr)OC[C@H](COc3ccc(-c4ccccc4)cc3)O2)c(Cl)c1. The maximum Gasteiger partial charge on any atom is 0.206 e. The molecule has 3 nitrogen and oxygen atoms in total. The predicted molar refractivity (Wildman–Crippen MR) is 120 cm³/mol. The van der Waals surface area contributed by atoms with Crippen LogP contribution in [-0.2, 0) is 15.3 Å². The minimum absolute atomic E-state index is 0.215. The molecule has 1 aliphatic heterocycles.